The van der Waals surface area contributed by atoms with Gasteiger partial charge >= 0.3 is 0 Å². The van der Waals surface area contributed by atoms with E-state index in [4.69, 9.17) is 0 Å². The number of aryl methyl sites for hydroxylation is 1. The van der Waals surface area contributed by atoms with Crippen molar-refractivity contribution in [1.82, 2.24) is 0 Å². The van der Waals surface area contributed by atoms with E-state index in [1.165, 1.54) is 12.0 Å². The van der Waals surface area contributed by atoms with Crippen LogP contribution >= 0.6 is 0 Å². The third kappa shape index (κ3) is 4.56. The minimum Gasteiger partial charge on any atom is -0.508 e. The molecule has 1 nitrogen and oxygen atoms in total. The van der Waals surface area contributed by atoms with Crippen LogP contribution in [0, 0.1) is 11.3 Å². The summed E-state index contributed by atoms with van der Waals surface area (Å²) in [6.07, 6.45) is 2.28. The smallest absolute Gasteiger partial charge is 0.119 e. The van der Waals surface area contributed by atoms with Crippen LogP contribution in [0.4, 0.5) is 0 Å². The summed E-state index contributed by atoms with van der Waals surface area (Å²) in [7, 11) is 0. The van der Waals surface area contributed by atoms with Crippen LogP contribution in [0.5, 0.6) is 5.75 Å². The van der Waals surface area contributed by atoms with Gasteiger partial charge in [0, 0.05) is 0 Å². The highest BCUT2D eigenvalue weighted by Gasteiger charge is 2.21. The Bertz CT molecular complexity index is 418. The molecule has 0 bridgehead atoms. The molecule has 1 aromatic carbocycles. The van der Waals surface area contributed by atoms with Crippen molar-refractivity contribution >= 4 is 0 Å². The van der Waals surface area contributed by atoms with E-state index in [-0.39, 0.29) is 5.41 Å². The molecule has 1 heteroatoms. The van der Waals surface area contributed by atoms with E-state index >= 15 is 0 Å². The molecule has 19 heavy (non-hydrogen) atoms. The highest BCUT2D eigenvalue weighted by atomic mass is 16.3. The van der Waals surface area contributed by atoms with Crippen molar-refractivity contribution in [1.29, 1.82) is 0 Å². The summed E-state index contributed by atoms with van der Waals surface area (Å²) in [5.41, 5.74) is 2.74. The number of rotatable bonds is 3. The van der Waals surface area contributed by atoms with Crippen molar-refractivity contribution in [3.63, 3.8) is 0 Å². The van der Waals surface area contributed by atoms with E-state index in [0.717, 1.165) is 12.0 Å². The van der Waals surface area contributed by atoms with Crippen LogP contribution in [0.3, 0.4) is 0 Å². The van der Waals surface area contributed by atoms with Gasteiger partial charge in [0.15, 0.2) is 0 Å². The quantitative estimate of drug-likeness (QED) is 0.783. The fourth-order valence-electron chi connectivity index (χ4n) is 2.16. The molecular formula is C18H30O. The van der Waals surface area contributed by atoms with Crippen LogP contribution in [0.15, 0.2) is 18.2 Å². The first kappa shape index (κ1) is 16.1. The normalized spacial score (nSPS) is 14.5. The zero-order valence-corrected chi connectivity index (χ0v) is 13.7. The largest absolute Gasteiger partial charge is 0.508 e. The molecule has 0 radical (unpaired) electrons. The molecule has 0 saturated carbocycles. The van der Waals surface area contributed by atoms with E-state index in [2.05, 4.69) is 60.6 Å². The number of hydrogen-bond acceptors (Lipinski definition) is 1. The standard InChI is InChI=1S/C18H30O/c1-13(17(2,3)4)8-9-14-10-11-16(19)15(12-14)18(5,6)7/h10-13,19H,8-9H2,1-7H3. The fourth-order valence-corrected chi connectivity index (χ4v) is 2.16. The Morgan fingerprint density at radius 2 is 1.63 bits per heavy atom. The Morgan fingerprint density at radius 1 is 1.05 bits per heavy atom. The van der Waals surface area contributed by atoms with Gasteiger partial charge in [0.2, 0.25) is 0 Å². The summed E-state index contributed by atoms with van der Waals surface area (Å²) < 4.78 is 0. The molecule has 1 aromatic rings. The lowest BCUT2D eigenvalue weighted by atomic mass is 9.78. The predicted octanol–water partition coefficient (Wildman–Crippen LogP) is 5.30. The van der Waals surface area contributed by atoms with Crippen molar-refractivity contribution in [2.45, 2.75) is 66.7 Å². The summed E-state index contributed by atoms with van der Waals surface area (Å²) >= 11 is 0. The lowest BCUT2D eigenvalue weighted by Gasteiger charge is -2.27. The molecule has 0 aliphatic rings. The van der Waals surface area contributed by atoms with Gasteiger partial charge in [-0.1, -0.05) is 60.6 Å². The Kier molecular flexibility index (Phi) is 4.71. The minimum atomic E-state index is -0.00423. The monoisotopic (exact) mass is 262 g/mol. The number of aromatic hydroxyl groups is 1. The van der Waals surface area contributed by atoms with Crippen LogP contribution in [-0.2, 0) is 11.8 Å². The lowest BCUT2D eigenvalue weighted by molar-refractivity contribution is 0.247. The summed E-state index contributed by atoms with van der Waals surface area (Å²) in [5.74, 6) is 1.11. The molecule has 0 aliphatic heterocycles. The second-order valence-electron chi connectivity index (χ2n) is 7.91. The zero-order valence-electron chi connectivity index (χ0n) is 13.7. The maximum absolute atomic E-state index is 9.98. The van der Waals surface area contributed by atoms with Crippen molar-refractivity contribution in [2.24, 2.45) is 11.3 Å². The van der Waals surface area contributed by atoms with E-state index in [1.807, 2.05) is 6.07 Å². The third-order valence-corrected chi connectivity index (χ3v) is 4.21. The fraction of sp³-hybridized carbons (Fsp3) is 0.667. The number of phenolic OH excluding ortho intramolecular Hbond substituents is 1. The molecule has 0 amide bonds. The maximum atomic E-state index is 9.98. The zero-order chi connectivity index (χ0) is 14.8. The minimum absolute atomic E-state index is 0.00423. The first-order chi connectivity index (χ1) is 8.51. The van der Waals surface area contributed by atoms with E-state index < -0.39 is 0 Å². The van der Waals surface area contributed by atoms with E-state index in [0.29, 0.717) is 17.1 Å². The second kappa shape index (κ2) is 5.56. The summed E-state index contributed by atoms with van der Waals surface area (Å²) in [4.78, 5) is 0. The van der Waals surface area contributed by atoms with Gasteiger partial charge in [-0.05, 0) is 46.8 Å². The SMILES string of the molecule is CC(CCc1ccc(O)c(C(C)(C)C)c1)C(C)(C)C. The average Bonchev–Trinajstić information content (AvgIpc) is 2.24. The first-order valence-corrected chi connectivity index (χ1v) is 7.34. The lowest BCUT2D eigenvalue weighted by Crippen LogP contribution is -2.18. The molecule has 0 aliphatic carbocycles. The van der Waals surface area contributed by atoms with Crippen LogP contribution < -0.4 is 0 Å². The summed E-state index contributed by atoms with van der Waals surface area (Å²) in [5, 5.41) is 9.98. The number of phenols is 1. The molecule has 0 heterocycles. The van der Waals surface area contributed by atoms with Crippen molar-refractivity contribution in [3.05, 3.63) is 29.3 Å². The molecule has 0 fully saturated rings. The Morgan fingerprint density at radius 3 is 2.11 bits per heavy atom. The molecule has 1 rings (SSSR count). The van der Waals surface area contributed by atoms with Crippen LogP contribution in [0.1, 0.15) is 66.0 Å². The van der Waals surface area contributed by atoms with Gasteiger partial charge in [-0.25, -0.2) is 0 Å². The van der Waals surface area contributed by atoms with Gasteiger partial charge in [-0.3, -0.25) is 0 Å². The van der Waals surface area contributed by atoms with Gasteiger partial charge in [-0.15, -0.1) is 0 Å². The van der Waals surface area contributed by atoms with E-state index in [1.54, 1.807) is 0 Å². The van der Waals surface area contributed by atoms with Crippen molar-refractivity contribution in [3.8, 4) is 5.75 Å². The highest BCUT2D eigenvalue weighted by Crippen LogP contribution is 2.33. The van der Waals surface area contributed by atoms with Gasteiger partial charge < -0.3 is 5.11 Å². The molecule has 0 saturated heterocycles. The predicted molar refractivity (Wildman–Crippen MR) is 83.7 cm³/mol. The number of benzene rings is 1. The molecule has 0 spiro atoms. The van der Waals surface area contributed by atoms with Crippen LogP contribution in [0.25, 0.3) is 0 Å². The summed E-state index contributed by atoms with van der Waals surface area (Å²) in [6, 6.07) is 6.07. The molecule has 0 aromatic heterocycles. The second-order valence-corrected chi connectivity index (χ2v) is 7.91. The average molecular weight is 262 g/mol. The van der Waals surface area contributed by atoms with Crippen LogP contribution in [-0.4, -0.2) is 5.11 Å². The summed E-state index contributed by atoms with van der Waals surface area (Å²) in [6.45, 7) is 15.7. The van der Waals surface area contributed by atoms with Gasteiger partial charge in [0.1, 0.15) is 5.75 Å². The maximum Gasteiger partial charge on any atom is 0.119 e. The van der Waals surface area contributed by atoms with Gasteiger partial charge in [-0.2, -0.15) is 0 Å². The van der Waals surface area contributed by atoms with Gasteiger partial charge in [0.25, 0.3) is 0 Å². The Labute approximate surface area is 119 Å². The molecular weight excluding hydrogens is 232 g/mol. The van der Waals surface area contributed by atoms with Crippen LogP contribution in [0.2, 0.25) is 0 Å². The van der Waals surface area contributed by atoms with Crippen molar-refractivity contribution < 1.29 is 5.11 Å². The van der Waals surface area contributed by atoms with E-state index in [9.17, 15) is 5.11 Å². The molecule has 1 atom stereocenters. The van der Waals surface area contributed by atoms with Crippen molar-refractivity contribution in [2.75, 3.05) is 0 Å². The molecule has 1 N–H and O–H groups in total. The Balaban J connectivity index is 2.82. The molecule has 1 unspecified atom stereocenters. The first-order valence-electron chi connectivity index (χ1n) is 7.34. The van der Waals surface area contributed by atoms with Gasteiger partial charge in [0.05, 0.1) is 0 Å². The third-order valence-electron chi connectivity index (χ3n) is 4.21. The Hall–Kier alpha value is -0.980. The highest BCUT2D eigenvalue weighted by molar-refractivity contribution is 5.40. The molecule has 108 valence electrons. The topological polar surface area (TPSA) is 20.2 Å². The number of hydrogen-bond donors (Lipinski definition) is 1.